The third kappa shape index (κ3) is 2.63. The van der Waals surface area contributed by atoms with Crippen LogP contribution >= 0.6 is 11.8 Å². The summed E-state index contributed by atoms with van der Waals surface area (Å²) < 4.78 is 11.8. The zero-order valence-electron chi connectivity index (χ0n) is 13.2. The molecule has 0 spiro atoms. The molecule has 2 atom stereocenters. The summed E-state index contributed by atoms with van der Waals surface area (Å²) in [7, 11) is 0. The summed E-state index contributed by atoms with van der Waals surface area (Å²) in [6.45, 7) is 6.55. The minimum atomic E-state index is 0.0150. The van der Waals surface area contributed by atoms with Crippen molar-refractivity contribution < 1.29 is 9.15 Å². The normalized spacial score (nSPS) is 24.3. The number of fused-ring (bicyclic) bond motifs is 2. The van der Waals surface area contributed by atoms with Crippen LogP contribution in [-0.4, -0.2) is 24.9 Å². The molecular weight excluding hydrogens is 310 g/mol. The van der Waals surface area contributed by atoms with Crippen LogP contribution in [0.2, 0.25) is 0 Å². The Bertz CT molecular complexity index is 849. The number of benzene rings is 1. The van der Waals surface area contributed by atoms with E-state index < -0.39 is 0 Å². The van der Waals surface area contributed by atoms with Crippen molar-refractivity contribution in [1.29, 1.82) is 0 Å². The van der Waals surface area contributed by atoms with Crippen LogP contribution in [0.5, 0.6) is 0 Å². The van der Waals surface area contributed by atoms with Gasteiger partial charge in [0.15, 0.2) is 0 Å². The predicted molar refractivity (Wildman–Crippen MR) is 93.0 cm³/mol. The van der Waals surface area contributed by atoms with Crippen LogP contribution in [0, 0.1) is 0 Å². The first-order valence-corrected chi connectivity index (χ1v) is 8.79. The zero-order valence-corrected chi connectivity index (χ0v) is 14.0. The zero-order chi connectivity index (χ0) is 16.0. The molecule has 1 fully saturated rings. The van der Waals surface area contributed by atoms with Crippen molar-refractivity contribution in [2.24, 2.45) is 0 Å². The summed E-state index contributed by atoms with van der Waals surface area (Å²) in [4.78, 5) is 13.5. The van der Waals surface area contributed by atoms with Crippen molar-refractivity contribution in [3.63, 3.8) is 0 Å². The molecule has 0 amide bonds. The summed E-state index contributed by atoms with van der Waals surface area (Å²) >= 11 is 1.58. The molecular formula is C18H19NO3S. The lowest BCUT2D eigenvalue weighted by Gasteiger charge is -2.24. The fourth-order valence-electron chi connectivity index (χ4n) is 2.99. The first-order chi connectivity index (χ1) is 11.1. The Labute approximate surface area is 138 Å². The minimum absolute atomic E-state index is 0.0150. The number of thioether (sulfide) groups is 1. The Hall–Kier alpha value is -1.56. The highest BCUT2D eigenvalue weighted by Crippen LogP contribution is 2.36. The Morgan fingerprint density at radius 2 is 2.22 bits per heavy atom. The highest BCUT2D eigenvalue weighted by atomic mass is 32.2. The molecule has 4 nitrogen and oxygen atoms in total. The van der Waals surface area contributed by atoms with Crippen LogP contribution in [0.1, 0.15) is 31.3 Å². The van der Waals surface area contributed by atoms with Gasteiger partial charge in [-0.05, 0) is 37.6 Å². The smallest absolute Gasteiger partial charge is 0.206 e. The fourth-order valence-corrected chi connectivity index (χ4v) is 4.03. The van der Waals surface area contributed by atoms with E-state index in [2.05, 4.69) is 19.2 Å². The number of hydrogen-bond donors (Lipinski definition) is 1. The molecule has 1 aromatic carbocycles. The van der Waals surface area contributed by atoms with Gasteiger partial charge in [0.05, 0.1) is 23.0 Å². The summed E-state index contributed by atoms with van der Waals surface area (Å²) in [5.74, 6) is 0.683. The summed E-state index contributed by atoms with van der Waals surface area (Å²) in [5, 5.41) is 4.27. The molecule has 5 heteroatoms. The lowest BCUT2D eigenvalue weighted by molar-refractivity contribution is 0.0277. The van der Waals surface area contributed by atoms with Gasteiger partial charge < -0.3 is 14.5 Å². The molecule has 2 unspecified atom stereocenters. The van der Waals surface area contributed by atoms with E-state index in [0.29, 0.717) is 28.6 Å². The highest BCUT2D eigenvalue weighted by molar-refractivity contribution is 8.00. The lowest BCUT2D eigenvalue weighted by Crippen LogP contribution is -2.33. The van der Waals surface area contributed by atoms with E-state index in [9.17, 15) is 4.79 Å². The lowest BCUT2D eigenvalue weighted by atomic mass is 10.1. The maximum atomic E-state index is 12.8. The Kier molecular flexibility index (Phi) is 3.79. The van der Waals surface area contributed by atoms with Gasteiger partial charge in [0.2, 0.25) is 5.43 Å². The van der Waals surface area contributed by atoms with Crippen molar-refractivity contribution in [1.82, 2.24) is 5.32 Å². The van der Waals surface area contributed by atoms with Crippen LogP contribution in [0.3, 0.4) is 0 Å². The van der Waals surface area contributed by atoms with Crippen LogP contribution < -0.4 is 10.7 Å². The molecule has 1 N–H and O–H groups in total. The molecule has 1 saturated heterocycles. The van der Waals surface area contributed by atoms with Gasteiger partial charge in [-0.25, -0.2) is 0 Å². The molecule has 120 valence electrons. The van der Waals surface area contributed by atoms with E-state index in [4.69, 9.17) is 9.15 Å². The highest BCUT2D eigenvalue weighted by Gasteiger charge is 2.23. The van der Waals surface area contributed by atoms with Gasteiger partial charge in [0.1, 0.15) is 11.3 Å². The molecule has 0 radical (unpaired) electrons. The van der Waals surface area contributed by atoms with Crippen LogP contribution in [0.4, 0.5) is 0 Å². The maximum absolute atomic E-state index is 12.8. The van der Waals surface area contributed by atoms with E-state index >= 15 is 0 Å². The largest absolute Gasteiger partial charge is 0.455 e. The monoisotopic (exact) mass is 329 g/mol. The van der Waals surface area contributed by atoms with Gasteiger partial charge in [-0.1, -0.05) is 11.6 Å². The molecule has 2 aliphatic heterocycles. The first-order valence-electron chi connectivity index (χ1n) is 7.91. The topological polar surface area (TPSA) is 51.5 Å². The van der Waals surface area contributed by atoms with Crippen LogP contribution in [-0.2, 0) is 4.74 Å². The van der Waals surface area contributed by atoms with E-state index in [1.54, 1.807) is 11.8 Å². The number of hydrogen-bond acceptors (Lipinski definition) is 5. The van der Waals surface area contributed by atoms with E-state index in [0.717, 1.165) is 23.5 Å². The third-order valence-electron chi connectivity index (χ3n) is 4.49. The van der Waals surface area contributed by atoms with E-state index in [-0.39, 0.29) is 11.5 Å². The average Bonchev–Trinajstić information content (AvgIpc) is 2.57. The Morgan fingerprint density at radius 1 is 1.35 bits per heavy atom. The second-order valence-electron chi connectivity index (χ2n) is 6.09. The molecule has 1 aromatic heterocycles. The average molecular weight is 329 g/mol. The maximum Gasteiger partial charge on any atom is 0.206 e. The second kappa shape index (κ2) is 5.82. The number of ether oxygens (including phenoxy) is 1. The SMILES string of the molecule is CC1=Cc2oc3cc(C4CNCCO4)ccc3c(=O)c2SC1C. The molecule has 2 aromatic rings. The Balaban J connectivity index is 1.84. The molecule has 2 aliphatic rings. The molecule has 3 heterocycles. The van der Waals surface area contributed by atoms with E-state index in [1.807, 2.05) is 24.3 Å². The van der Waals surface area contributed by atoms with Crippen molar-refractivity contribution in [3.05, 3.63) is 45.3 Å². The van der Waals surface area contributed by atoms with Crippen LogP contribution in [0.15, 0.2) is 37.9 Å². The minimum Gasteiger partial charge on any atom is -0.455 e. The van der Waals surface area contributed by atoms with Gasteiger partial charge in [0, 0.05) is 18.3 Å². The molecule has 0 aliphatic carbocycles. The molecule has 0 saturated carbocycles. The fraction of sp³-hybridized carbons (Fsp3) is 0.389. The standard InChI is InChI=1S/C18H19NO3S/c1-10-7-15-18(23-11(10)2)17(20)13-4-3-12(8-14(13)22-15)16-9-19-5-6-21-16/h3-4,7-8,11,16,19H,5-6,9H2,1-2H3. The first kappa shape index (κ1) is 15.0. The van der Waals surface area contributed by atoms with E-state index in [1.165, 1.54) is 5.57 Å². The molecule has 4 rings (SSSR count). The number of morpholine rings is 1. The van der Waals surface area contributed by atoms with Gasteiger partial charge >= 0.3 is 0 Å². The summed E-state index contributed by atoms with van der Waals surface area (Å²) in [5.41, 5.74) is 2.97. The van der Waals surface area contributed by atoms with Gasteiger partial charge in [0.25, 0.3) is 0 Å². The number of rotatable bonds is 1. The second-order valence-corrected chi connectivity index (χ2v) is 7.44. The third-order valence-corrected chi connectivity index (χ3v) is 5.84. The summed E-state index contributed by atoms with van der Waals surface area (Å²) in [6.07, 6.45) is 2.00. The number of nitrogens with one attached hydrogen (secondary N) is 1. The van der Waals surface area contributed by atoms with Crippen molar-refractivity contribution in [2.45, 2.75) is 30.1 Å². The summed E-state index contributed by atoms with van der Waals surface area (Å²) in [6, 6.07) is 5.78. The van der Waals surface area contributed by atoms with Gasteiger partial charge in [-0.15, -0.1) is 11.8 Å². The van der Waals surface area contributed by atoms with Gasteiger partial charge in [-0.2, -0.15) is 0 Å². The molecule has 23 heavy (non-hydrogen) atoms. The van der Waals surface area contributed by atoms with Crippen molar-refractivity contribution in [3.8, 4) is 0 Å². The molecule has 0 bridgehead atoms. The van der Waals surface area contributed by atoms with Crippen molar-refractivity contribution >= 4 is 28.8 Å². The van der Waals surface area contributed by atoms with Crippen LogP contribution in [0.25, 0.3) is 17.0 Å². The predicted octanol–water partition coefficient (Wildman–Crippen LogP) is 3.35. The van der Waals surface area contributed by atoms with Gasteiger partial charge in [-0.3, -0.25) is 4.79 Å². The quantitative estimate of drug-likeness (QED) is 0.869. The Morgan fingerprint density at radius 3 is 3.00 bits per heavy atom. The van der Waals surface area contributed by atoms with Crippen molar-refractivity contribution in [2.75, 3.05) is 19.7 Å².